The predicted octanol–water partition coefficient (Wildman–Crippen LogP) is 2.98. The van der Waals surface area contributed by atoms with Crippen LogP contribution >= 0.6 is 24.0 Å². The molecule has 4 rings (SSSR count). The van der Waals surface area contributed by atoms with Crippen LogP contribution in [0, 0.1) is 6.92 Å². The van der Waals surface area contributed by atoms with Gasteiger partial charge in [0.15, 0.2) is 17.0 Å². The summed E-state index contributed by atoms with van der Waals surface area (Å²) in [7, 11) is 0. The van der Waals surface area contributed by atoms with Crippen LogP contribution in [0.2, 0.25) is 5.02 Å². The number of nitrogens with two attached hydrogens (primary N) is 1. The Morgan fingerprint density at radius 3 is 2.45 bits per heavy atom. The highest BCUT2D eigenvalue weighted by atomic mass is 35.5. The summed E-state index contributed by atoms with van der Waals surface area (Å²) in [6.45, 7) is 10.3. The summed E-state index contributed by atoms with van der Waals surface area (Å²) in [6.07, 6.45) is 0. The molecule has 0 saturated carbocycles. The number of anilines is 1. The average Bonchev–Trinajstić information content (AvgIpc) is 3.06. The van der Waals surface area contributed by atoms with E-state index in [1.165, 1.54) is 0 Å². The van der Waals surface area contributed by atoms with Crippen LogP contribution in [-0.2, 0) is 6.54 Å². The van der Waals surface area contributed by atoms with Crippen molar-refractivity contribution in [1.29, 1.82) is 0 Å². The monoisotopic (exact) mass is 435 g/mol. The van der Waals surface area contributed by atoms with Gasteiger partial charge >= 0.3 is 0 Å². The van der Waals surface area contributed by atoms with E-state index in [0.29, 0.717) is 18.1 Å². The van der Waals surface area contributed by atoms with E-state index in [-0.39, 0.29) is 12.4 Å². The number of hydrogen-bond acceptors (Lipinski definition) is 6. The summed E-state index contributed by atoms with van der Waals surface area (Å²) in [6, 6.07) is 7.75. The second-order valence-corrected chi connectivity index (χ2v) is 7.45. The van der Waals surface area contributed by atoms with E-state index in [4.69, 9.17) is 32.3 Å². The Morgan fingerprint density at radius 1 is 1.07 bits per heavy atom. The molecule has 0 radical (unpaired) electrons. The molecule has 9 heteroatoms. The van der Waals surface area contributed by atoms with Gasteiger partial charge in [-0.15, -0.1) is 12.4 Å². The molecule has 0 unspecified atom stereocenters. The van der Waals surface area contributed by atoms with Gasteiger partial charge in [-0.3, -0.25) is 0 Å². The number of imidazole rings is 1. The van der Waals surface area contributed by atoms with Crippen LogP contribution in [0.15, 0.2) is 24.3 Å². The van der Waals surface area contributed by atoms with Crippen molar-refractivity contribution in [1.82, 2.24) is 24.4 Å². The molecule has 0 atom stereocenters. The molecule has 7 nitrogen and oxygen atoms in total. The quantitative estimate of drug-likeness (QED) is 0.663. The van der Waals surface area contributed by atoms with E-state index in [2.05, 4.69) is 21.3 Å². The van der Waals surface area contributed by atoms with E-state index in [1.54, 1.807) is 0 Å². The van der Waals surface area contributed by atoms with Crippen molar-refractivity contribution in [2.75, 3.05) is 44.2 Å². The lowest BCUT2D eigenvalue weighted by molar-refractivity contribution is 0.270. The Kier molecular flexibility index (Phi) is 6.95. The highest BCUT2D eigenvalue weighted by Gasteiger charge is 2.24. The van der Waals surface area contributed by atoms with Crippen molar-refractivity contribution >= 4 is 41.0 Å². The molecule has 1 saturated heterocycles. The predicted molar refractivity (Wildman–Crippen MR) is 121 cm³/mol. The lowest BCUT2D eigenvalue weighted by Crippen LogP contribution is -2.46. The van der Waals surface area contributed by atoms with Crippen LogP contribution in [0.25, 0.3) is 22.6 Å². The standard InChI is InChI=1S/C20H26ClN7.ClH/c1-3-26-10-12-27(13-11-26)19-17-20(24-14(2)23-19)28(9-8-22)18(25-17)15-6-4-5-7-16(15)21;/h4-7H,3,8-13,22H2,1-2H3;1H. The Bertz CT molecular complexity index is 980. The number of piperazine rings is 1. The fraction of sp³-hybridized carbons (Fsp3) is 0.450. The van der Waals surface area contributed by atoms with Gasteiger partial charge in [-0.25, -0.2) is 15.0 Å². The molecule has 0 amide bonds. The number of rotatable bonds is 5. The van der Waals surface area contributed by atoms with Gasteiger partial charge < -0.3 is 20.1 Å². The van der Waals surface area contributed by atoms with Crippen molar-refractivity contribution in [2.24, 2.45) is 5.73 Å². The molecule has 1 aliphatic rings. The molecule has 3 heterocycles. The number of hydrogen-bond donors (Lipinski definition) is 1. The number of fused-ring (bicyclic) bond motifs is 1. The van der Waals surface area contributed by atoms with Crippen LogP contribution in [0.3, 0.4) is 0 Å². The zero-order chi connectivity index (χ0) is 19.7. The first kappa shape index (κ1) is 21.8. The van der Waals surface area contributed by atoms with Gasteiger partial charge in [0, 0.05) is 44.8 Å². The van der Waals surface area contributed by atoms with Crippen LogP contribution in [0.4, 0.5) is 5.82 Å². The minimum absolute atomic E-state index is 0. The second kappa shape index (κ2) is 9.26. The van der Waals surface area contributed by atoms with Crippen LogP contribution in [-0.4, -0.2) is 63.7 Å². The molecule has 0 bridgehead atoms. The number of halogens is 2. The van der Waals surface area contributed by atoms with Crippen LogP contribution in [0.1, 0.15) is 12.7 Å². The number of aryl methyl sites for hydroxylation is 1. The first-order valence-corrected chi connectivity index (χ1v) is 10.2. The lowest BCUT2D eigenvalue weighted by Gasteiger charge is -2.34. The van der Waals surface area contributed by atoms with Crippen LogP contribution in [0.5, 0.6) is 0 Å². The summed E-state index contributed by atoms with van der Waals surface area (Å²) in [5.74, 6) is 2.44. The van der Waals surface area contributed by atoms with Crippen molar-refractivity contribution < 1.29 is 0 Å². The summed E-state index contributed by atoms with van der Waals surface area (Å²) >= 11 is 6.47. The van der Waals surface area contributed by atoms with E-state index < -0.39 is 0 Å². The largest absolute Gasteiger partial charge is 0.352 e. The first-order valence-electron chi connectivity index (χ1n) is 9.79. The summed E-state index contributed by atoms with van der Waals surface area (Å²) < 4.78 is 2.07. The third-order valence-corrected chi connectivity index (χ3v) is 5.60. The minimum atomic E-state index is 0. The van der Waals surface area contributed by atoms with Gasteiger partial charge in [-0.05, 0) is 25.6 Å². The Labute approximate surface area is 182 Å². The van der Waals surface area contributed by atoms with Gasteiger partial charge in [-0.1, -0.05) is 30.7 Å². The van der Waals surface area contributed by atoms with Gasteiger partial charge in [0.25, 0.3) is 0 Å². The summed E-state index contributed by atoms with van der Waals surface area (Å²) in [5, 5.41) is 0.666. The molecule has 0 aliphatic carbocycles. The third-order valence-electron chi connectivity index (χ3n) is 5.27. The van der Waals surface area contributed by atoms with Crippen molar-refractivity contribution in [3.63, 3.8) is 0 Å². The molecule has 3 aromatic rings. The number of aromatic nitrogens is 4. The van der Waals surface area contributed by atoms with Gasteiger partial charge in [0.1, 0.15) is 11.6 Å². The highest BCUT2D eigenvalue weighted by molar-refractivity contribution is 6.33. The van der Waals surface area contributed by atoms with Gasteiger partial charge in [-0.2, -0.15) is 0 Å². The van der Waals surface area contributed by atoms with Crippen molar-refractivity contribution in [3.05, 3.63) is 35.1 Å². The maximum Gasteiger partial charge on any atom is 0.166 e. The first-order chi connectivity index (χ1) is 13.6. The fourth-order valence-corrected chi connectivity index (χ4v) is 4.00. The lowest BCUT2D eigenvalue weighted by atomic mass is 10.2. The molecular formula is C20H27Cl2N7. The zero-order valence-electron chi connectivity index (χ0n) is 16.8. The van der Waals surface area contributed by atoms with E-state index in [0.717, 1.165) is 66.9 Å². The van der Waals surface area contributed by atoms with Crippen molar-refractivity contribution in [2.45, 2.75) is 20.4 Å². The fourth-order valence-electron chi connectivity index (χ4n) is 3.78. The molecule has 2 aromatic heterocycles. The van der Waals surface area contributed by atoms with Crippen molar-refractivity contribution in [3.8, 4) is 11.4 Å². The Balaban J connectivity index is 0.00000240. The maximum absolute atomic E-state index is 6.47. The third kappa shape index (κ3) is 4.19. The topological polar surface area (TPSA) is 76.1 Å². The SMILES string of the molecule is CCN1CCN(c2nc(C)nc3c2nc(-c2ccccc2Cl)n3CCN)CC1.Cl. The summed E-state index contributed by atoms with van der Waals surface area (Å²) in [5.41, 5.74) is 8.43. The Morgan fingerprint density at radius 2 is 1.79 bits per heavy atom. The molecule has 156 valence electrons. The van der Waals surface area contributed by atoms with Gasteiger partial charge in [0.2, 0.25) is 0 Å². The number of benzene rings is 1. The molecule has 2 N–H and O–H groups in total. The highest BCUT2D eigenvalue weighted by Crippen LogP contribution is 2.32. The molecule has 0 spiro atoms. The molecule has 1 fully saturated rings. The second-order valence-electron chi connectivity index (χ2n) is 7.04. The minimum Gasteiger partial charge on any atom is -0.352 e. The van der Waals surface area contributed by atoms with E-state index in [9.17, 15) is 0 Å². The maximum atomic E-state index is 6.47. The molecule has 29 heavy (non-hydrogen) atoms. The molecule has 1 aliphatic heterocycles. The van der Waals surface area contributed by atoms with E-state index >= 15 is 0 Å². The Hall–Kier alpha value is -1.93. The van der Waals surface area contributed by atoms with Gasteiger partial charge in [0.05, 0.1) is 5.02 Å². The molecular weight excluding hydrogens is 409 g/mol. The zero-order valence-corrected chi connectivity index (χ0v) is 18.4. The average molecular weight is 436 g/mol. The van der Waals surface area contributed by atoms with Crippen LogP contribution < -0.4 is 10.6 Å². The van der Waals surface area contributed by atoms with E-state index in [1.807, 2.05) is 31.2 Å². The normalized spacial score (nSPS) is 15.0. The smallest absolute Gasteiger partial charge is 0.166 e. The molecule has 1 aromatic carbocycles. The summed E-state index contributed by atoms with van der Waals surface area (Å²) in [4.78, 5) is 19.2. The number of likely N-dealkylation sites (N-methyl/N-ethyl adjacent to an activating group) is 1. The number of nitrogens with zero attached hydrogens (tertiary/aromatic N) is 6.